The van der Waals surface area contributed by atoms with Gasteiger partial charge in [-0.15, -0.1) is 0 Å². The summed E-state index contributed by atoms with van der Waals surface area (Å²) >= 11 is 0. The zero-order valence-corrected chi connectivity index (χ0v) is 40.1. The van der Waals surface area contributed by atoms with Gasteiger partial charge in [0.25, 0.3) is 0 Å². The van der Waals surface area contributed by atoms with E-state index in [4.69, 9.17) is 29.9 Å². The number of rotatable bonds is 9. The van der Waals surface area contributed by atoms with Crippen LogP contribution in [0.4, 0.5) is 0 Å². The molecule has 8 heteroatoms. The van der Waals surface area contributed by atoms with Crippen molar-refractivity contribution in [2.45, 2.75) is 12.8 Å². The van der Waals surface area contributed by atoms with Gasteiger partial charge in [0, 0.05) is 66.6 Å². The number of aryl methyl sites for hydroxylation is 1. The van der Waals surface area contributed by atoms with E-state index in [1.54, 1.807) is 0 Å². The van der Waals surface area contributed by atoms with Gasteiger partial charge >= 0.3 is 0 Å². The molecule has 0 bridgehead atoms. The van der Waals surface area contributed by atoms with Gasteiger partial charge in [-0.3, -0.25) is 0 Å². The van der Waals surface area contributed by atoms with Crippen molar-refractivity contribution in [2.24, 2.45) is 0 Å². The molecule has 0 spiro atoms. The summed E-state index contributed by atoms with van der Waals surface area (Å²) in [7, 11) is 0. The van der Waals surface area contributed by atoms with Gasteiger partial charge in [-0.05, 0) is 90.2 Å². The molecule has 0 radical (unpaired) electrons. The highest BCUT2D eigenvalue weighted by Crippen LogP contribution is 2.40. The van der Waals surface area contributed by atoms with E-state index in [0.29, 0.717) is 34.9 Å². The molecular weight excluding hydrogens is 905 g/mol. The maximum Gasteiger partial charge on any atom is 0.164 e. The lowest BCUT2D eigenvalue weighted by molar-refractivity contribution is 0.967. The van der Waals surface area contributed by atoms with E-state index in [-0.39, 0.29) is 0 Å². The maximum absolute atomic E-state index is 5.06. The molecule has 1 aliphatic carbocycles. The van der Waals surface area contributed by atoms with Crippen LogP contribution >= 0.6 is 0 Å². The van der Waals surface area contributed by atoms with Crippen molar-refractivity contribution in [3.63, 3.8) is 0 Å². The molecule has 4 aromatic heterocycles. The van der Waals surface area contributed by atoms with E-state index in [9.17, 15) is 0 Å². The Morgan fingerprint density at radius 2 is 0.676 bits per heavy atom. The number of hydrogen-bond donors (Lipinski definition) is 0. The molecule has 348 valence electrons. The molecule has 0 N–H and O–H groups in total. The van der Waals surface area contributed by atoms with E-state index in [1.165, 1.54) is 33.0 Å². The molecule has 8 nitrogen and oxygen atoms in total. The molecular formula is C66H44N8. The zero-order chi connectivity index (χ0) is 49.0. The molecule has 0 fully saturated rings. The van der Waals surface area contributed by atoms with Gasteiger partial charge in [-0.1, -0.05) is 182 Å². The van der Waals surface area contributed by atoms with Gasteiger partial charge in [0.15, 0.2) is 34.9 Å². The summed E-state index contributed by atoms with van der Waals surface area (Å²) < 4.78 is 4.76. The normalized spacial score (nSPS) is 12.2. The summed E-state index contributed by atoms with van der Waals surface area (Å²) in [5.41, 5.74) is 16.0. The van der Waals surface area contributed by atoms with Gasteiger partial charge in [-0.2, -0.15) is 0 Å². The van der Waals surface area contributed by atoms with Crippen LogP contribution in [-0.2, 0) is 6.42 Å². The van der Waals surface area contributed by atoms with Crippen LogP contribution in [0.5, 0.6) is 0 Å². The first-order chi connectivity index (χ1) is 36.7. The van der Waals surface area contributed by atoms with Crippen molar-refractivity contribution in [3.05, 3.63) is 248 Å². The van der Waals surface area contributed by atoms with Crippen LogP contribution in [0.25, 0.3) is 130 Å². The number of fused-ring (bicyclic) bond motifs is 6. The summed E-state index contributed by atoms with van der Waals surface area (Å²) in [6, 6.07) is 80.2. The van der Waals surface area contributed by atoms with Crippen LogP contribution in [0.2, 0.25) is 0 Å². The lowest BCUT2D eigenvalue weighted by atomic mass is 9.97. The summed E-state index contributed by atoms with van der Waals surface area (Å²) in [6.07, 6.45) is 6.54. The van der Waals surface area contributed by atoms with Crippen molar-refractivity contribution in [1.82, 2.24) is 39.0 Å². The number of aromatic nitrogens is 8. The molecule has 0 amide bonds. The minimum Gasteiger partial charge on any atom is -0.310 e. The predicted molar refractivity (Wildman–Crippen MR) is 300 cm³/mol. The molecule has 0 saturated carbocycles. The molecule has 0 unspecified atom stereocenters. The van der Waals surface area contributed by atoms with E-state index in [1.807, 2.05) is 121 Å². The van der Waals surface area contributed by atoms with Crippen LogP contribution in [0.15, 0.2) is 237 Å². The second-order valence-electron chi connectivity index (χ2n) is 18.6. The zero-order valence-electron chi connectivity index (χ0n) is 40.1. The average molecular weight is 949 g/mol. The summed E-state index contributed by atoms with van der Waals surface area (Å²) in [4.78, 5) is 30.1. The standard InChI is InChI=1S/C66H44N8/c1-5-19-43(20-6-1)61-67-62(44-21-7-2-8-22-44)70-65(69-61)49-27-17-29-51(39-49)73-57-33-15-13-31-53(57)55-41-47(35-37-59(55)73)48-36-38-60-56(42-48)54-32-14-16-34-58(54)74(60)52-30-18-28-50(40-52)66-71-63(45-23-9-3-10-24-45)68-64(72-66)46-25-11-4-12-26-46/h1-13,15-31,33-42H,14,32H2. The van der Waals surface area contributed by atoms with E-state index in [0.717, 1.165) is 79.7 Å². The monoisotopic (exact) mass is 948 g/mol. The fourth-order valence-corrected chi connectivity index (χ4v) is 10.6. The third-order valence-corrected chi connectivity index (χ3v) is 14.1. The van der Waals surface area contributed by atoms with Gasteiger partial charge < -0.3 is 9.13 Å². The molecule has 0 atom stereocenters. The molecule has 0 aliphatic heterocycles. The lowest BCUT2D eigenvalue weighted by Crippen LogP contribution is -2.02. The van der Waals surface area contributed by atoms with Crippen LogP contribution in [-0.4, -0.2) is 39.0 Å². The molecule has 9 aromatic carbocycles. The topological polar surface area (TPSA) is 87.2 Å². The number of nitrogens with zero attached hydrogens (tertiary/aromatic N) is 8. The SMILES string of the molecule is C1=Cc2c(c3cc(-c4ccc5c(c4)c4ccccc4n5-c4cccc(-c5nc(-c6ccccc6)nc(-c6ccccc6)n5)c4)ccc3n2-c2cccc(-c3nc(-c4ccccc4)nc(-c4ccccc4)n3)c2)CC1. The van der Waals surface area contributed by atoms with Crippen molar-refractivity contribution in [2.75, 3.05) is 0 Å². The average Bonchev–Trinajstić information content (AvgIpc) is 4.00. The molecule has 14 rings (SSSR count). The Morgan fingerprint density at radius 1 is 0.284 bits per heavy atom. The fourth-order valence-electron chi connectivity index (χ4n) is 10.6. The summed E-state index contributed by atoms with van der Waals surface area (Å²) in [6.45, 7) is 0. The Bertz CT molecular complexity index is 4180. The highest BCUT2D eigenvalue weighted by Gasteiger charge is 2.22. The number of para-hydroxylation sites is 1. The Hall–Kier alpha value is -9.92. The van der Waals surface area contributed by atoms with E-state index < -0.39 is 0 Å². The highest BCUT2D eigenvalue weighted by atomic mass is 15.1. The Kier molecular flexibility index (Phi) is 10.5. The third-order valence-electron chi connectivity index (χ3n) is 14.1. The number of benzene rings is 9. The van der Waals surface area contributed by atoms with Crippen molar-refractivity contribution in [3.8, 4) is 90.8 Å². The van der Waals surface area contributed by atoms with E-state index in [2.05, 4.69) is 130 Å². The largest absolute Gasteiger partial charge is 0.310 e. The molecule has 74 heavy (non-hydrogen) atoms. The van der Waals surface area contributed by atoms with Crippen LogP contribution in [0, 0.1) is 0 Å². The Balaban J connectivity index is 0.852. The first-order valence-corrected chi connectivity index (χ1v) is 25.0. The summed E-state index contributed by atoms with van der Waals surface area (Å²) in [5.74, 6) is 3.80. The smallest absolute Gasteiger partial charge is 0.164 e. The first kappa shape index (κ1) is 42.9. The van der Waals surface area contributed by atoms with Gasteiger partial charge in [0.1, 0.15) is 0 Å². The van der Waals surface area contributed by atoms with Gasteiger partial charge in [0.05, 0.1) is 16.6 Å². The van der Waals surface area contributed by atoms with Gasteiger partial charge in [0.2, 0.25) is 0 Å². The van der Waals surface area contributed by atoms with Gasteiger partial charge in [-0.25, -0.2) is 29.9 Å². The second kappa shape index (κ2) is 18.0. The fraction of sp³-hybridized carbons (Fsp3) is 0.0303. The van der Waals surface area contributed by atoms with Crippen LogP contribution in [0.3, 0.4) is 0 Å². The molecule has 1 aliphatic rings. The van der Waals surface area contributed by atoms with Crippen LogP contribution in [0.1, 0.15) is 17.7 Å². The van der Waals surface area contributed by atoms with Crippen molar-refractivity contribution >= 4 is 38.8 Å². The number of allylic oxidation sites excluding steroid dienone is 1. The second-order valence-corrected chi connectivity index (χ2v) is 18.6. The molecule has 4 heterocycles. The maximum atomic E-state index is 5.06. The lowest BCUT2D eigenvalue weighted by Gasteiger charge is -2.14. The quantitative estimate of drug-likeness (QED) is 0.143. The van der Waals surface area contributed by atoms with Crippen molar-refractivity contribution in [1.29, 1.82) is 0 Å². The Morgan fingerprint density at radius 3 is 1.18 bits per heavy atom. The minimum absolute atomic E-state index is 0.620. The highest BCUT2D eigenvalue weighted by molar-refractivity contribution is 6.11. The predicted octanol–water partition coefficient (Wildman–Crippen LogP) is 15.7. The molecule has 0 saturated heterocycles. The number of hydrogen-bond acceptors (Lipinski definition) is 6. The summed E-state index contributed by atoms with van der Waals surface area (Å²) in [5, 5.41) is 3.63. The van der Waals surface area contributed by atoms with Crippen molar-refractivity contribution < 1.29 is 0 Å². The minimum atomic E-state index is 0.620. The van der Waals surface area contributed by atoms with Crippen LogP contribution < -0.4 is 0 Å². The molecule has 13 aromatic rings. The van der Waals surface area contributed by atoms with E-state index >= 15 is 0 Å². The third kappa shape index (κ3) is 7.64. The Labute approximate surface area is 427 Å². The first-order valence-electron chi connectivity index (χ1n) is 25.0.